The van der Waals surface area contributed by atoms with Gasteiger partial charge in [0.05, 0.1) is 0 Å². The fourth-order valence-corrected chi connectivity index (χ4v) is 3.50. The summed E-state index contributed by atoms with van der Waals surface area (Å²) in [6.07, 6.45) is 3.98. The van der Waals surface area contributed by atoms with Crippen LogP contribution in [0.15, 0.2) is 24.3 Å². The second-order valence-corrected chi connectivity index (χ2v) is 6.76. The molecule has 1 saturated carbocycles. The van der Waals surface area contributed by atoms with Crippen LogP contribution in [-0.2, 0) is 16.1 Å². The van der Waals surface area contributed by atoms with E-state index in [1.807, 2.05) is 0 Å². The fourth-order valence-electron chi connectivity index (χ4n) is 3.50. The summed E-state index contributed by atoms with van der Waals surface area (Å²) < 4.78 is 28.5. The number of hydrogen-bond acceptors (Lipinski definition) is 4. The van der Waals surface area contributed by atoms with Gasteiger partial charge in [-0.1, -0.05) is 31.4 Å². The Bertz CT molecular complexity index is 718. The van der Waals surface area contributed by atoms with Crippen molar-refractivity contribution in [3.05, 3.63) is 29.8 Å². The molecular formula is C18H21F2N3O4. The number of ether oxygens (including phenoxy) is 1. The Morgan fingerprint density at radius 3 is 2.48 bits per heavy atom. The van der Waals surface area contributed by atoms with Crippen molar-refractivity contribution in [1.82, 2.24) is 15.5 Å². The highest BCUT2D eigenvalue weighted by Gasteiger charge is 2.51. The summed E-state index contributed by atoms with van der Waals surface area (Å²) in [6.45, 7) is -3.10. The van der Waals surface area contributed by atoms with Crippen molar-refractivity contribution in [3.8, 4) is 5.75 Å². The van der Waals surface area contributed by atoms with E-state index >= 15 is 0 Å². The van der Waals surface area contributed by atoms with Crippen LogP contribution in [-0.4, -0.2) is 41.4 Å². The summed E-state index contributed by atoms with van der Waals surface area (Å²) >= 11 is 0. The topological polar surface area (TPSA) is 87.7 Å². The average molecular weight is 381 g/mol. The maximum atomic E-state index is 12.6. The molecule has 3 rings (SSSR count). The van der Waals surface area contributed by atoms with Crippen LogP contribution in [0.25, 0.3) is 0 Å². The maximum Gasteiger partial charge on any atom is 0.387 e. The van der Waals surface area contributed by atoms with E-state index in [2.05, 4.69) is 15.4 Å². The maximum absolute atomic E-state index is 12.6. The lowest BCUT2D eigenvalue weighted by atomic mass is 9.82. The first-order valence-electron chi connectivity index (χ1n) is 8.84. The zero-order valence-electron chi connectivity index (χ0n) is 14.7. The Balaban J connectivity index is 1.52. The minimum absolute atomic E-state index is 0.0252. The molecule has 2 fully saturated rings. The average Bonchev–Trinajstić information content (AvgIpc) is 2.85. The molecule has 2 aliphatic rings. The van der Waals surface area contributed by atoms with Crippen molar-refractivity contribution in [1.29, 1.82) is 0 Å². The van der Waals surface area contributed by atoms with Gasteiger partial charge in [-0.25, -0.2) is 4.79 Å². The SMILES string of the molecule is O=C(CN1C(=O)NC2(CCCCC2)C1=O)NCc1ccc(OC(F)F)cc1. The van der Waals surface area contributed by atoms with Gasteiger partial charge in [-0.05, 0) is 30.5 Å². The minimum Gasteiger partial charge on any atom is -0.435 e. The van der Waals surface area contributed by atoms with Crippen LogP contribution in [0, 0.1) is 0 Å². The Labute approximate surface area is 155 Å². The second kappa shape index (κ2) is 7.89. The highest BCUT2D eigenvalue weighted by molar-refractivity contribution is 6.09. The van der Waals surface area contributed by atoms with E-state index in [1.54, 1.807) is 12.1 Å². The number of carbonyl (C=O) groups excluding carboxylic acids is 3. The first kappa shape index (κ1) is 19.1. The minimum atomic E-state index is -2.90. The fraction of sp³-hybridized carbons (Fsp3) is 0.500. The van der Waals surface area contributed by atoms with Crippen molar-refractivity contribution in [2.24, 2.45) is 0 Å². The normalized spacial score (nSPS) is 18.7. The number of amides is 4. The molecule has 146 valence electrons. The molecule has 1 aromatic rings. The zero-order chi connectivity index (χ0) is 19.4. The molecule has 4 amide bonds. The molecule has 1 spiro atoms. The van der Waals surface area contributed by atoms with Crippen LogP contribution >= 0.6 is 0 Å². The predicted molar refractivity (Wildman–Crippen MR) is 91.0 cm³/mol. The van der Waals surface area contributed by atoms with E-state index in [1.165, 1.54) is 12.1 Å². The Hall–Kier alpha value is -2.71. The standard InChI is InChI=1S/C18H21F2N3O4/c19-16(20)27-13-6-4-12(5-7-13)10-21-14(24)11-23-15(25)18(22-17(23)26)8-2-1-3-9-18/h4-7,16H,1-3,8-11H2,(H,21,24)(H,22,26). The zero-order valence-corrected chi connectivity index (χ0v) is 14.7. The van der Waals surface area contributed by atoms with Gasteiger partial charge in [0.25, 0.3) is 5.91 Å². The molecule has 1 aliphatic carbocycles. The van der Waals surface area contributed by atoms with E-state index in [0.29, 0.717) is 18.4 Å². The third-order valence-electron chi connectivity index (χ3n) is 4.89. The molecule has 0 unspecified atom stereocenters. The van der Waals surface area contributed by atoms with Crippen molar-refractivity contribution in [3.63, 3.8) is 0 Å². The number of urea groups is 1. The number of hydrogen-bond donors (Lipinski definition) is 2. The number of benzene rings is 1. The highest BCUT2D eigenvalue weighted by atomic mass is 19.3. The van der Waals surface area contributed by atoms with Gasteiger partial charge in [-0.15, -0.1) is 0 Å². The third kappa shape index (κ3) is 4.35. The van der Waals surface area contributed by atoms with E-state index < -0.39 is 24.1 Å². The van der Waals surface area contributed by atoms with Gasteiger partial charge >= 0.3 is 12.6 Å². The van der Waals surface area contributed by atoms with Crippen molar-refractivity contribution < 1.29 is 27.9 Å². The summed E-state index contributed by atoms with van der Waals surface area (Å²) in [5.41, 5.74) is -0.179. The molecule has 1 heterocycles. The number of carbonyl (C=O) groups is 3. The van der Waals surface area contributed by atoms with E-state index in [4.69, 9.17) is 0 Å². The lowest BCUT2D eigenvalue weighted by Gasteiger charge is -2.30. The van der Waals surface area contributed by atoms with E-state index in [-0.39, 0.29) is 24.7 Å². The third-order valence-corrected chi connectivity index (χ3v) is 4.89. The lowest BCUT2D eigenvalue weighted by molar-refractivity contribution is -0.135. The first-order chi connectivity index (χ1) is 12.9. The number of nitrogens with one attached hydrogen (secondary N) is 2. The number of halogens is 2. The molecule has 27 heavy (non-hydrogen) atoms. The quantitative estimate of drug-likeness (QED) is 0.740. The molecule has 1 aromatic carbocycles. The van der Waals surface area contributed by atoms with Crippen molar-refractivity contribution >= 4 is 17.8 Å². The van der Waals surface area contributed by atoms with Crippen molar-refractivity contribution in [2.75, 3.05) is 6.54 Å². The van der Waals surface area contributed by atoms with Gasteiger partial charge in [0.2, 0.25) is 5.91 Å². The second-order valence-electron chi connectivity index (χ2n) is 6.76. The molecule has 7 nitrogen and oxygen atoms in total. The monoisotopic (exact) mass is 381 g/mol. The molecule has 0 bridgehead atoms. The van der Waals surface area contributed by atoms with Gasteiger partial charge in [-0.3, -0.25) is 14.5 Å². The van der Waals surface area contributed by atoms with Crippen LogP contribution < -0.4 is 15.4 Å². The number of imide groups is 1. The van der Waals surface area contributed by atoms with Gasteiger partial charge in [0.15, 0.2) is 0 Å². The molecule has 1 saturated heterocycles. The Kier molecular flexibility index (Phi) is 5.57. The van der Waals surface area contributed by atoms with Crippen LogP contribution in [0.4, 0.5) is 13.6 Å². The van der Waals surface area contributed by atoms with Crippen molar-refractivity contribution in [2.45, 2.75) is 50.8 Å². The highest BCUT2D eigenvalue weighted by Crippen LogP contribution is 2.33. The summed E-state index contributed by atoms with van der Waals surface area (Å²) in [6, 6.07) is 5.30. The summed E-state index contributed by atoms with van der Waals surface area (Å²) in [7, 11) is 0. The number of nitrogens with zero attached hydrogens (tertiary/aromatic N) is 1. The number of alkyl halides is 2. The molecule has 2 N–H and O–H groups in total. The largest absolute Gasteiger partial charge is 0.435 e. The van der Waals surface area contributed by atoms with Gasteiger partial charge in [0, 0.05) is 6.54 Å². The van der Waals surface area contributed by atoms with Gasteiger partial charge in [0.1, 0.15) is 17.8 Å². The molecule has 0 atom stereocenters. The van der Waals surface area contributed by atoms with Crippen LogP contribution in [0.2, 0.25) is 0 Å². The van der Waals surface area contributed by atoms with Crippen LogP contribution in [0.5, 0.6) is 5.75 Å². The van der Waals surface area contributed by atoms with Crippen LogP contribution in [0.3, 0.4) is 0 Å². The molecule has 0 radical (unpaired) electrons. The summed E-state index contributed by atoms with van der Waals surface area (Å²) in [4.78, 5) is 37.8. The Morgan fingerprint density at radius 1 is 1.19 bits per heavy atom. The lowest BCUT2D eigenvalue weighted by Crippen LogP contribution is -2.49. The molecule has 0 aromatic heterocycles. The predicted octanol–water partition coefficient (Wildman–Crippen LogP) is 2.16. The number of rotatable bonds is 6. The smallest absolute Gasteiger partial charge is 0.387 e. The summed E-state index contributed by atoms with van der Waals surface area (Å²) in [5.74, 6) is -0.785. The summed E-state index contributed by atoms with van der Waals surface area (Å²) in [5, 5.41) is 5.37. The van der Waals surface area contributed by atoms with E-state index in [0.717, 1.165) is 24.2 Å². The molecule has 1 aliphatic heterocycles. The van der Waals surface area contributed by atoms with Gasteiger partial charge in [-0.2, -0.15) is 8.78 Å². The molecule has 9 heteroatoms. The van der Waals surface area contributed by atoms with E-state index in [9.17, 15) is 23.2 Å². The first-order valence-corrected chi connectivity index (χ1v) is 8.84. The Morgan fingerprint density at radius 2 is 1.85 bits per heavy atom. The van der Waals surface area contributed by atoms with Crippen LogP contribution in [0.1, 0.15) is 37.7 Å². The van der Waals surface area contributed by atoms with Gasteiger partial charge < -0.3 is 15.4 Å². The molecular weight excluding hydrogens is 360 g/mol.